The lowest BCUT2D eigenvalue weighted by molar-refractivity contribution is -0.118. The summed E-state index contributed by atoms with van der Waals surface area (Å²) in [6.45, 7) is 3.60. The molecule has 1 unspecified atom stereocenters. The van der Waals surface area contributed by atoms with Crippen LogP contribution in [0.15, 0.2) is 41.0 Å². The van der Waals surface area contributed by atoms with Gasteiger partial charge >= 0.3 is 5.97 Å². The average Bonchev–Trinajstić information content (AvgIpc) is 3.14. The molecule has 8 heteroatoms. The normalized spacial score (nSPS) is 11.7. The summed E-state index contributed by atoms with van der Waals surface area (Å²) in [5.41, 5.74) is 0.491. The minimum absolute atomic E-state index is 0.114. The van der Waals surface area contributed by atoms with Crippen LogP contribution in [0, 0.1) is 5.92 Å². The monoisotopic (exact) mass is 378 g/mol. The molecule has 7 nitrogen and oxygen atoms in total. The fourth-order valence-corrected chi connectivity index (χ4v) is 2.44. The summed E-state index contributed by atoms with van der Waals surface area (Å²) in [4.78, 5) is 36.4. The van der Waals surface area contributed by atoms with Gasteiger partial charge in [0.2, 0.25) is 5.91 Å². The van der Waals surface area contributed by atoms with Crippen LogP contribution in [0.2, 0.25) is 5.02 Å². The van der Waals surface area contributed by atoms with Crippen molar-refractivity contribution in [2.45, 2.75) is 19.9 Å². The van der Waals surface area contributed by atoms with E-state index >= 15 is 0 Å². The van der Waals surface area contributed by atoms with Crippen molar-refractivity contribution in [3.8, 4) is 0 Å². The van der Waals surface area contributed by atoms with E-state index in [1.807, 2.05) is 0 Å². The van der Waals surface area contributed by atoms with Gasteiger partial charge in [0, 0.05) is 5.69 Å². The second-order valence-corrected chi connectivity index (χ2v) is 6.26. The number of carbonyl (C=O) groups is 3. The Bertz CT molecular complexity index is 802. The summed E-state index contributed by atoms with van der Waals surface area (Å²) < 4.78 is 9.68. The Kier molecular flexibility index (Phi) is 6.41. The number of halogens is 1. The maximum absolute atomic E-state index is 12.6. The van der Waals surface area contributed by atoms with Gasteiger partial charge in [0.1, 0.15) is 6.04 Å². The van der Waals surface area contributed by atoms with E-state index in [1.165, 1.54) is 31.6 Å². The summed E-state index contributed by atoms with van der Waals surface area (Å²) in [7, 11) is 1.24. The number of anilines is 1. The van der Waals surface area contributed by atoms with E-state index in [4.69, 9.17) is 16.0 Å². The molecule has 0 fully saturated rings. The zero-order valence-corrected chi connectivity index (χ0v) is 15.3. The molecule has 1 atom stereocenters. The predicted molar refractivity (Wildman–Crippen MR) is 96.2 cm³/mol. The van der Waals surface area contributed by atoms with Gasteiger partial charge in [-0.2, -0.15) is 0 Å². The highest BCUT2D eigenvalue weighted by Gasteiger charge is 2.26. The van der Waals surface area contributed by atoms with Crippen LogP contribution >= 0.6 is 11.6 Å². The molecule has 1 aromatic heterocycles. The van der Waals surface area contributed by atoms with Crippen LogP contribution < -0.4 is 10.6 Å². The first-order chi connectivity index (χ1) is 12.3. The highest BCUT2D eigenvalue weighted by atomic mass is 35.5. The van der Waals surface area contributed by atoms with Crippen molar-refractivity contribution in [3.63, 3.8) is 0 Å². The van der Waals surface area contributed by atoms with Gasteiger partial charge in [-0.1, -0.05) is 25.4 Å². The van der Waals surface area contributed by atoms with Crippen molar-refractivity contribution in [1.82, 2.24) is 5.32 Å². The van der Waals surface area contributed by atoms with Crippen molar-refractivity contribution in [3.05, 3.63) is 52.9 Å². The fraction of sp³-hybridized carbons (Fsp3) is 0.278. The summed E-state index contributed by atoms with van der Waals surface area (Å²) in [6, 6.07) is 6.74. The van der Waals surface area contributed by atoms with Crippen LogP contribution in [0.1, 0.15) is 34.8 Å². The Hall–Kier alpha value is -2.80. The number of methoxy groups -OCH3 is 1. The summed E-state index contributed by atoms with van der Waals surface area (Å²) in [6.07, 6.45) is 1.38. The first-order valence-corrected chi connectivity index (χ1v) is 8.24. The molecule has 0 saturated carbocycles. The lowest BCUT2D eigenvalue weighted by Crippen LogP contribution is -2.47. The van der Waals surface area contributed by atoms with Gasteiger partial charge in [-0.05, 0) is 36.2 Å². The third-order valence-corrected chi connectivity index (χ3v) is 3.95. The number of nitrogens with one attached hydrogen (secondary N) is 2. The zero-order chi connectivity index (χ0) is 19.3. The lowest BCUT2D eigenvalue weighted by atomic mass is 10.0. The Labute approximate surface area is 155 Å². The Balaban J connectivity index is 2.15. The topological polar surface area (TPSA) is 97.6 Å². The molecule has 2 N–H and O–H groups in total. The van der Waals surface area contributed by atoms with Crippen LogP contribution in [0.3, 0.4) is 0 Å². The van der Waals surface area contributed by atoms with Crippen LogP contribution in [-0.4, -0.2) is 30.9 Å². The molecule has 2 amide bonds. The van der Waals surface area contributed by atoms with Crippen molar-refractivity contribution in [1.29, 1.82) is 0 Å². The first-order valence-electron chi connectivity index (χ1n) is 7.86. The molecule has 0 saturated heterocycles. The molecule has 0 aliphatic heterocycles. The SMILES string of the molecule is COC(=O)c1cc(NC(=O)C(NC(=O)c2ccco2)C(C)C)ccc1Cl. The molecule has 2 aromatic rings. The number of esters is 1. The van der Waals surface area contributed by atoms with Crippen LogP contribution in [0.25, 0.3) is 0 Å². The number of ether oxygens (including phenoxy) is 1. The second-order valence-electron chi connectivity index (χ2n) is 5.85. The number of hydrogen-bond acceptors (Lipinski definition) is 5. The van der Waals surface area contributed by atoms with Gasteiger partial charge in [-0.3, -0.25) is 9.59 Å². The van der Waals surface area contributed by atoms with Gasteiger partial charge in [0.25, 0.3) is 5.91 Å². The number of hydrogen-bond donors (Lipinski definition) is 2. The Morgan fingerprint density at radius 1 is 1.19 bits per heavy atom. The molecule has 26 heavy (non-hydrogen) atoms. The minimum atomic E-state index is -0.801. The molecule has 0 bridgehead atoms. The number of carbonyl (C=O) groups excluding carboxylic acids is 3. The van der Waals surface area contributed by atoms with E-state index in [2.05, 4.69) is 15.4 Å². The van der Waals surface area contributed by atoms with Crippen LogP contribution in [-0.2, 0) is 9.53 Å². The molecule has 138 valence electrons. The van der Waals surface area contributed by atoms with E-state index < -0.39 is 23.8 Å². The van der Waals surface area contributed by atoms with Crippen molar-refractivity contribution < 1.29 is 23.5 Å². The standard InChI is InChI=1S/C18H19ClN2O5/c1-10(2)15(21-16(22)14-5-4-8-26-14)17(23)20-11-6-7-13(19)12(9-11)18(24)25-3/h4-10,15H,1-3H3,(H,20,23)(H,21,22). The maximum Gasteiger partial charge on any atom is 0.339 e. The van der Waals surface area contributed by atoms with Crippen molar-refractivity contribution in [2.24, 2.45) is 5.92 Å². The van der Waals surface area contributed by atoms with E-state index in [9.17, 15) is 14.4 Å². The van der Waals surface area contributed by atoms with Crippen molar-refractivity contribution >= 4 is 35.1 Å². The van der Waals surface area contributed by atoms with E-state index in [1.54, 1.807) is 26.0 Å². The molecular formula is C18H19ClN2O5. The molecule has 0 spiro atoms. The van der Waals surface area contributed by atoms with Crippen molar-refractivity contribution in [2.75, 3.05) is 12.4 Å². The third kappa shape index (κ3) is 4.64. The zero-order valence-electron chi connectivity index (χ0n) is 14.5. The molecule has 1 heterocycles. The van der Waals surface area contributed by atoms with Crippen LogP contribution in [0.5, 0.6) is 0 Å². The molecule has 1 aromatic carbocycles. The van der Waals surface area contributed by atoms with Gasteiger partial charge in [-0.25, -0.2) is 4.79 Å². The molecule has 2 rings (SSSR count). The van der Waals surface area contributed by atoms with Crippen LogP contribution in [0.4, 0.5) is 5.69 Å². The number of benzene rings is 1. The summed E-state index contributed by atoms with van der Waals surface area (Å²) >= 11 is 5.96. The molecular weight excluding hydrogens is 360 g/mol. The smallest absolute Gasteiger partial charge is 0.339 e. The van der Waals surface area contributed by atoms with E-state index in [0.29, 0.717) is 5.69 Å². The van der Waals surface area contributed by atoms with Gasteiger partial charge in [-0.15, -0.1) is 0 Å². The number of amides is 2. The number of rotatable bonds is 6. The van der Waals surface area contributed by atoms with Gasteiger partial charge in [0.15, 0.2) is 5.76 Å². The average molecular weight is 379 g/mol. The molecule has 0 aliphatic rings. The fourth-order valence-electron chi connectivity index (χ4n) is 2.24. The summed E-state index contributed by atoms with van der Waals surface area (Å²) in [5, 5.41) is 5.52. The maximum atomic E-state index is 12.6. The first kappa shape index (κ1) is 19.5. The van der Waals surface area contributed by atoms with Gasteiger partial charge in [0.05, 0.1) is 24.0 Å². The highest BCUT2D eigenvalue weighted by molar-refractivity contribution is 6.33. The quantitative estimate of drug-likeness (QED) is 0.752. The number of furan rings is 1. The second kappa shape index (κ2) is 8.53. The van der Waals surface area contributed by atoms with Gasteiger partial charge < -0.3 is 19.8 Å². The Morgan fingerprint density at radius 3 is 2.50 bits per heavy atom. The molecule has 0 radical (unpaired) electrons. The predicted octanol–water partition coefficient (Wildman–Crippen LogP) is 3.11. The lowest BCUT2D eigenvalue weighted by Gasteiger charge is -2.21. The van der Waals surface area contributed by atoms with E-state index in [0.717, 1.165) is 0 Å². The largest absolute Gasteiger partial charge is 0.465 e. The highest BCUT2D eigenvalue weighted by Crippen LogP contribution is 2.22. The molecule has 0 aliphatic carbocycles. The third-order valence-electron chi connectivity index (χ3n) is 3.62. The minimum Gasteiger partial charge on any atom is -0.465 e. The van der Waals surface area contributed by atoms with E-state index in [-0.39, 0.29) is 22.3 Å². The summed E-state index contributed by atoms with van der Waals surface area (Å²) in [5.74, 6) is -1.60. The Morgan fingerprint density at radius 2 is 1.92 bits per heavy atom.